The molecule has 1 aliphatic heterocycles. The summed E-state index contributed by atoms with van der Waals surface area (Å²) >= 11 is 0. The normalized spacial score (nSPS) is 23.2. The van der Waals surface area contributed by atoms with Crippen LogP contribution >= 0.6 is 0 Å². The van der Waals surface area contributed by atoms with Crippen molar-refractivity contribution in [3.05, 3.63) is 23.9 Å². The molecule has 1 saturated carbocycles. The largest absolute Gasteiger partial charge is 0.367 e. The molecule has 1 aliphatic carbocycles. The number of aromatic nitrogens is 1. The molecule has 4 heteroatoms. The number of piperidine rings is 1. The molecule has 0 aromatic carbocycles. The molecule has 1 N–H and O–H groups in total. The van der Waals surface area contributed by atoms with Gasteiger partial charge in [-0.3, -0.25) is 4.79 Å². The number of pyridine rings is 1. The maximum Gasteiger partial charge on any atom is 0.219 e. The lowest BCUT2D eigenvalue weighted by atomic mass is 9.95. The van der Waals surface area contributed by atoms with Gasteiger partial charge in [0.25, 0.3) is 0 Å². The van der Waals surface area contributed by atoms with Gasteiger partial charge >= 0.3 is 0 Å². The van der Waals surface area contributed by atoms with Gasteiger partial charge in [0.1, 0.15) is 5.82 Å². The van der Waals surface area contributed by atoms with Crippen molar-refractivity contribution in [2.45, 2.75) is 51.1 Å². The smallest absolute Gasteiger partial charge is 0.219 e. The van der Waals surface area contributed by atoms with Crippen LogP contribution in [0.4, 0.5) is 5.82 Å². The van der Waals surface area contributed by atoms with E-state index in [1.807, 2.05) is 17.2 Å². The third-order valence-electron chi connectivity index (χ3n) is 4.02. The Morgan fingerprint density at radius 1 is 1.37 bits per heavy atom. The monoisotopic (exact) mass is 259 g/mol. The summed E-state index contributed by atoms with van der Waals surface area (Å²) in [6.45, 7) is 2.54. The molecule has 1 aromatic heterocycles. The Kier molecular flexibility index (Phi) is 3.40. The Balaban J connectivity index is 1.87. The highest BCUT2D eigenvalue weighted by Gasteiger charge is 2.29. The average Bonchev–Trinajstić information content (AvgIpc) is 3.23. The van der Waals surface area contributed by atoms with Gasteiger partial charge in [-0.05, 0) is 38.2 Å². The van der Waals surface area contributed by atoms with Gasteiger partial charge in [0, 0.05) is 31.3 Å². The lowest BCUT2D eigenvalue weighted by molar-refractivity contribution is -0.132. The standard InChI is InChI=1S/C15H21N3O/c1-11(19)18-10-3-2-6-14(18)13-5-4-9-16-15(13)17-12-7-8-12/h4-5,9,12,14H,2-3,6-8,10H2,1H3,(H,16,17)/t14-/m1/s1. The predicted octanol–water partition coefficient (Wildman–Crippen LogP) is 2.73. The topological polar surface area (TPSA) is 45.2 Å². The summed E-state index contributed by atoms with van der Waals surface area (Å²) in [5, 5.41) is 3.49. The molecule has 1 saturated heterocycles. The van der Waals surface area contributed by atoms with Gasteiger partial charge in [-0.25, -0.2) is 4.98 Å². The molecule has 1 amide bonds. The van der Waals surface area contributed by atoms with Crippen LogP contribution in [0.3, 0.4) is 0 Å². The molecule has 0 bridgehead atoms. The van der Waals surface area contributed by atoms with Crippen molar-refractivity contribution in [3.63, 3.8) is 0 Å². The van der Waals surface area contributed by atoms with E-state index in [1.54, 1.807) is 6.92 Å². The molecule has 0 radical (unpaired) electrons. The fourth-order valence-corrected chi connectivity index (χ4v) is 2.86. The number of nitrogens with one attached hydrogen (secondary N) is 1. The van der Waals surface area contributed by atoms with Crippen LogP contribution in [0.5, 0.6) is 0 Å². The van der Waals surface area contributed by atoms with Crippen LogP contribution in [0, 0.1) is 0 Å². The van der Waals surface area contributed by atoms with Crippen LogP contribution in [0.15, 0.2) is 18.3 Å². The predicted molar refractivity (Wildman–Crippen MR) is 74.9 cm³/mol. The number of carbonyl (C=O) groups excluding carboxylic acids is 1. The van der Waals surface area contributed by atoms with Gasteiger partial charge in [0.05, 0.1) is 6.04 Å². The van der Waals surface area contributed by atoms with Gasteiger partial charge in [0.15, 0.2) is 0 Å². The number of nitrogens with zero attached hydrogens (tertiary/aromatic N) is 2. The van der Waals surface area contributed by atoms with Crippen LogP contribution in [0.2, 0.25) is 0 Å². The minimum atomic E-state index is 0.172. The third-order valence-corrected chi connectivity index (χ3v) is 4.02. The van der Waals surface area contributed by atoms with Crippen molar-refractivity contribution >= 4 is 11.7 Å². The van der Waals surface area contributed by atoms with E-state index < -0.39 is 0 Å². The zero-order valence-corrected chi connectivity index (χ0v) is 11.4. The molecule has 102 valence electrons. The molecule has 4 nitrogen and oxygen atoms in total. The number of carbonyl (C=O) groups is 1. The average molecular weight is 259 g/mol. The number of anilines is 1. The minimum absolute atomic E-state index is 0.172. The van der Waals surface area contributed by atoms with E-state index in [0.29, 0.717) is 6.04 Å². The Morgan fingerprint density at radius 2 is 2.21 bits per heavy atom. The molecule has 2 aliphatic rings. The molecule has 1 atom stereocenters. The van der Waals surface area contributed by atoms with Crippen molar-refractivity contribution in [3.8, 4) is 0 Å². The first-order chi connectivity index (χ1) is 9.25. The molecule has 2 heterocycles. The van der Waals surface area contributed by atoms with Crippen LogP contribution in [-0.2, 0) is 4.79 Å². The van der Waals surface area contributed by atoms with E-state index in [1.165, 1.54) is 24.8 Å². The van der Waals surface area contributed by atoms with Crippen LogP contribution in [-0.4, -0.2) is 28.4 Å². The van der Waals surface area contributed by atoms with Crippen molar-refractivity contribution in [1.82, 2.24) is 9.88 Å². The molecule has 19 heavy (non-hydrogen) atoms. The van der Waals surface area contributed by atoms with E-state index in [2.05, 4.69) is 16.4 Å². The second-order valence-corrected chi connectivity index (χ2v) is 5.58. The molecule has 0 unspecified atom stereocenters. The second-order valence-electron chi connectivity index (χ2n) is 5.58. The Bertz CT molecular complexity index is 470. The lowest BCUT2D eigenvalue weighted by Gasteiger charge is -2.36. The first-order valence-electron chi connectivity index (χ1n) is 7.24. The number of hydrogen-bond acceptors (Lipinski definition) is 3. The van der Waals surface area contributed by atoms with Crippen molar-refractivity contribution < 1.29 is 4.79 Å². The van der Waals surface area contributed by atoms with Crippen molar-refractivity contribution in [2.75, 3.05) is 11.9 Å². The van der Waals surface area contributed by atoms with E-state index in [4.69, 9.17) is 0 Å². The Morgan fingerprint density at radius 3 is 2.95 bits per heavy atom. The number of amides is 1. The molecular weight excluding hydrogens is 238 g/mol. The highest BCUT2D eigenvalue weighted by Crippen LogP contribution is 2.35. The van der Waals surface area contributed by atoms with Gasteiger partial charge in [-0.2, -0.15) is 0 Å². The van der Waals surface area contributed by atoms with Gasteiger partial charge in [-0.1, -0.05) is 6.07 Å². The van der Waals surface area contributed by atoms with Crippen LogP contribution < -0.4 is 5.32 Å². The van der Waals surface area contributed by atoms with Crippen LogP contribution in [0.25, 0.3) is 0 Å². The van der Waals surface area contributed by atoms with E-state index in [-0.39, 0.29) is 11.9 Å². The quantitative estimate of drug-likeness (QED) is 0.907. The summed E-state index contributed by atoms with van der Waals surface area (Å²) in [6, 6.07) is 4.87. The van der Waals surface area contributed by atoms with E-state index >= 15 is 0 Å². The first kappa shape index (κ1) is 12.5. The molecular formula is C15H21N3O. The maximum absolute atomic E-state index is 11.8. The minimum Gasteiger partial charge on any atom is -0.367 e. The SMILES string of the molecule is CC(=O)N1CCCC[C@@H]1c1cccnc1NC1CC1. The molecule has 1 aromatic rings. The highest BCUT2D eigenvalue weighted by atomic mass is 16.2. The zero-order valence-electron chi connectivity index (χ0n) is 11.4. The summed E-state index contributed by atoms with van der Waals surface area (Å²) < 4.78 is 0. The number of likely N-dealkylation sites (tertiary alicyclic amines) is 1. The molecule has 0 spiro atoms. The number of hydrogen-bond donors (Lipinski definition) is 1. The molecule has 2 fully saturated rings. The first-order valence-corrected chi connectivity index (χ1v) is 7.24. The Hall–Kier alpha value is -1.58. The molecule has 3 rings (SSSR count). The summed E-state index contributed by atoms with van der Waals surface area (Å²) in [5.41, 5.74) is 1.18. The lowest BCUT2D eigenvalue weighted by Crippen LogP contribution is -2.37. The summed E-state index contributed by atoms with van der Waals surface area (Å²) in [7, 11) is 0. The summed E-state index contributed by atoms with van der Waals surface area (Å²) in [6.07, 6.45) is 7.64. The summed E-state index contributed by atoms with van der Waals surface area (Å²) in [5.74, 6) is 1.15. The summed E-state index contributed by atoms with van der Waals surface area (Å²) in [4.78, 5) is 18.3. The van der Waals surface area contributed by atoms with Gasteiger partial charge in [-0.15, -0.1) is 0 Å². The zero-order chi connectivity index (χ0) is 13.2. The third kappa shape index (κ3) is 2.72. The van der Waals surface area contributed by atoms with E-state index in [9.17, 15) is 4.79 Å². The highest BCUT2D eigenvalue weighted by molar-refractivity contribution is 5.74. The van der Waals surface area contributed by atoms with E-state index in [0.717, 1.165) is 25.2 Å². The van der Waals surface area contributed by atoms with Crippen molar-refractivity contribution in [1.29, 1.82) is 0 Å². The maximum atomic E-state index is 11.8. The van der Waals surface area contributed by atoms with Gasteiger partial charge < -0.3 is 10.2 Å². The fraction of sp³-hybridized carbons (Fsp3) is 0.600. The second kappa shape index (κ2) is 5.19. The Labute approximate surface area is 114 Å². The van der Waals surface area contributed by atoms with Gasteiger partial charge in [0.2, 0.25) is 5.91 Å². The number of rotatable bonds is 3. The van der Waals surface area contributed by atoms with Crippen LogP contribution in [0.1, 0.15) is 50.6 Å². The van der Waals surface area contributed by atoms with Crippen molar-refractivity contribution in [2.24, 2.45) is 0 Å². The fourth-order valence-electron chi connectivity index (χ4n) is 2.86.